The summed E-state index contributed by atoms with van der Waals surface area (Å²) >= 11 is 1.44. The van der Waals surface area contributed by atoms with Crippen molar-refractivity contribution in [2.45, 2.75) is 6.54 Å². The van der Waals surface area contributed by atoms with Gasteiger partial charge in [-0.2, -0.15) is 0 Å². The summed E-state index contributed by atoms with van der Waals surface area (Å²) in [5.41, 5.74) is 2.95. The van der Waals surface area contributed by atoms with Gasteiger partial charge in [0, 0.05) is 11.1 Å². The summed E-state index contributed by atoms with van der Waals surface area (Å²) in [5.74, 6) is -1.07. The van der Waals surface area contributed by atoms with Gasteiger partial charge in [-0.3, -0.25) is 9.69 Å². The minimum atomic E-state index is -1.07. The average Bonchev–Trinajstić information content (AvgIpc) is 2.96. The van der Waals surface area contributed by atoms with Crippen molar-refractivity contribution in [3.8, 4) is 0 Å². The first-order chi connectivity index (χ1) is 9.66. The third-order valence-electron chi connectivity index (χ3n) is 2.51. The molecule has 1 aromatic carbocycles. The van der Waals surface area contributed by atoms with Gasteiger partial charge < -0.3 is 10.4 Å². The Morgan fingerprint density at radius 1 is 1.30 bits per heavy atom. The fourth-order valence-corrected chi connectivity index (χ4v) is 2.17. The molecule has 20 heavy (non-hydrogen) atoms. The van der Waals surface area contributed by atoms with Crippen LogP contribution in [-0.4, -0.2) is 28.6 Å². The molecule has 0 atom stereocenters. The number of para-hydroxylation sites is 1. The third-order valence-corrected chi connectivity index (χ3v) is 3.15. The van der Waals surface area contributed by atoms with Crippen molar-refractivity contribution in [2.75, 3.05) is 11.4 Å². The van der Waals surface area contributed by atoms with Crippen LogP contribution in [0.4, 0.5) is 10.5 Å². The van der Waals surface area contributed by atoms with Gasteiger partial charge in [0.1, 0.15) is 6.54 Å². The number of hydrogen-bond donors (Lipinski definition) is 2. The highest BCUT2D eigenvalue weighted by molar-refractivity contribution is 7.07. The first-order valence-electron chi connectivity index (χ1n) is 5.86. The van der Waals surface area contributed by atoms with E-state index in [1.165, 1.54) is 16.2 Å². The van der Waals surface area contributed by atoms with Crippen LogP contribution in [0, 0.1) is 0 Å². The first kappa shape index (κ1) is 14.0. The van der Waals surface area contributed by atoms with Gasteiger partial charge in [0.15, 0.2) is 0 Å². The Bertz CT molecular complexity index is 572. The maximum atomic E-state index is 12.1. The van der Waals surface area contributed by atoms with Crippen LogP contribution in [0.15, 0.2) is 41.2 Å². The van der Waals surface area contributed by atoms with E-state index >= 15 is 0 Å². The molecule has 2 N–H and O–H groups in total. The molecule has 104 valence electrons. The van der Waals surface area contributed by atoms with Crippen LogP contribution in [0.2, 0.25) is 0 Å². The fourth-order valence-electron chi connectivity index (χ4n) is 1.61. The molecule has 2 aromatic rings. The summed E-state index contributed by atoms with van der Waals surface area (Å²) in [4.78, 5) is 28.2. The molecule has 0 bridgehead atoms. The molecule has 0 saturated carbocycles. The number of benzene rings is 1. The van der Waals surface area contributed by atoms with Crippen LogP contribution in [0.25, 0.3) is 0 Å². The zero-order valence-electron chi connectivity index (χ0n) is 10.5. The Balaban J connectivity index is 2.06. The lowest BCUT2D eigenvalue weighted by molar-refractivity contribution is -0.135. The van der Waals surface area contributed by atoms with Crippen molar-refractivity contribution in [2.24, 2.45) is 0 Å². The quantitative estimate of drug-likeness (QED) is 0.882. The number of carboxylic acid groups (broad SMARTS) is 1. The second-order valence-corrected chi connectivity index (χ2v) is 4.67. The molecule has 1 aromatic heterocycles. The van der Waals surface area contributed by atoms with Crippen LogP contribution in [0.3, 0.4) is 0 Å². The molecule has 0 saturated heterocycles. The summed E-state index contributed by atoms with van der Waals surface area (Å²) in [6, 6.07) is 8.20. The fraction of sp³-hybridized carbons (Fsp3) is 0.154. The van der Waals surface area contributed by atoms with Gasteiger partial charge in [0.2, 0.25) is 0 Å². The summed E-state index contributed by atoms with van der Waals surface area (Å²) in [6.45, 7) is -0.127. The molecular weight excluding hydrogens is 278 g/mol. The number of carboxylic acids is 1. The number of aromatic nitrogens is 1. The van der Waals surface area contributed by atoms with E-state index < -0.39 is 18.5 Å². The maximum Gasteiger partial charge on any atom is 0.323 e. The minimum Gasteiger partial charge on any atom is -0.480 e. The lowest BCUT2D eigenvalue weighted by Crippen LogP contribution is -2.42. The molecule has 0 aliphatic heterocycles. The van der Waals surface area contributed by atoms with Crippen LogP contribution in [0.1, 0.15) is 5.69 Å². The van der Waals surface area contributed by atoms with Gasteiger partial charge in [0.25, 0.3) is 0 Å². The summed E-state index contributed by atoms with van der Waals surface area (Å²) < 4.78 is 0. The number of rotatable bonds is 5. The second kappa shape index (κ2) is 6.67. The van der Waals surface area contributed by atoms with E-state index in [-0.39, 0.29) is 6.54 Å². The molecule has 0 unspecified atom stereocenters. The number of aliphatic carboxylic acids is 1. The smallest absolute Gasteiger partial charge is 0.323 e. The van der Waals surface area contributed by atoms with E-state index in [4.69, 9.17) is 5.11 Å². The summed E-state index contributed by atoms with van der Waals surface area (Å²) in [5, 5.41) is 13.4. The highest BCUT2D eigenvalue weighted by Crippen LogP contribution is 2.13. The largest absolute Gasteiger partial charge is 0.480 e. The van der Waals surface area contributed by atoms with E-state index in [2.05, 4.69) is 10.3 Å². The second-order valence-electron chi connectivity index (χ2n) is 3.95. The van der Waals surface area contributed by atoms with Crippen LogP contribution in [-0.2, 0) is 11.3 Å². The lowest BCUT2D eigenvalue weighted by Gasteiger charge is -2.21. The number of nitrogens with one attached hydrogen (secondary N) is 1. The minimum absolute atomic E-state index is 0.269. The summed E-state index contributed by atoms with van der Waals surface area (Å²) in [7, 11) is 0. The third kappa shape index (κ3) is 3.79. The number of anilines is 1. The molecule has 2 rings (SSSR count). The molecule has 0 aliphatic rings. The number of hydrogen-bond acceptors (Lipinski definition) is 4. The summed E-state index contributed by atoms with van der Waals surface area (Å²) in [6.07, 6.45) is 0. The molecule has 0 aliphatic carbocycles. The Morgan fingerprint density at radius 3 is 2.65 bits per heavy atom. The Kier molecular flexibility index (Phi) is 4.67. The number of carbonyl (C=O) groups excluding carboxylic acids is 1. The number of carbonyl (C=O) groups is 2. The molecule has 0 radical (unpaired) electrons. The van der Waals surface area contributed by atoms with E-state index in [0.717, 1.165) is 5.69 Å². The monoisotopic (exact) mass is 291 g/mol. The molecule has 6 nitrogen and oxygen atoms in total. The average molecular weight is 291 g/mol. The van der Waals surface area contributed by atoms with Gasteiger partial charge in [-0.05, 0) is 12.1 Å². The number of amides is 2. The van der Waals surface area contributed by atoms with Crippen LogP contribution >= 0.6 is 11.3 Å². The predicted molar refractivity (Wildman–Crippen MR) is 75.8 cm³/mol. The standard InChI is InChI=1S/C13H13N3O3S/c17-12(18)7-16(11-4-2-1-3-5-11)13(19)14-6-10-8-20-9-15-10/h1-5,8-9H,6-7H2,(H,14,19)(H,17,18). The van der Waals surface area contributed by atoms with Crippen LogP contribution < -0.4 is 10.2 Å². The highest BCUT2D eigenvalue weighted by atomic mass is 32.1. The van der Waals surface area contributed by atoms with E-state index in [9.17, 15) is 9.59 Å². The Morgan fingerprint density at radius 2 is 2.05 bits per heavy atom. The van der Waals surface area contributed by atoms with Crippen molar-refractivity contribution in [1.82, 2.24) is 10.3 Å². The van der Waals surface area contributed by atoms with Crippen molar-refractivity contribution >= 4 is 29.0 Å². The molecular formula is C13H13N3O3S. The maximum absolute atomic E-state index is 12.1. The van der Waals surface area contributed by atoms with Gasteiger partial charge in [0.05, 0.1) is 17.7 Å². The SMILES string of the molecule is O=C(O)CN(C(=O)NCc1cscn1)c1ccccc1. The zero-order valence-corrected chi connectivity index (χ0v) is 11.3. The van der Waals surface area contributed by atoms with E-state index in [1.54, 1.807) is 35.8 Å². The van der Waals surface area contributed by atoms with Crippen molar-refractivity contribution < 1.29 is 14.7 Å². The molecule has 2 amide bonds. The van der Waals surface area contributed by atoms with Crippen molar-refractivity contribution in [3.05, 3.63) is 46.9 Å². The number of thiazole rings is 1. The molecule has 1 heterocycles. The van der Waals surface area contributed by atoms with Gasteiger partial charge in [-0.25, -0.2) is 9.78 Å². The Hall–Kier alpha value is -2.41. The van der Waals surface area contributed by atoms with Crippen molar-refractivity contribution in [3.63, 3.8) is 0 Å². The van der Waals surface area contributed by atoms with Gasteiger partial charge >= 0.3 is 12.0 Å². The Labute approximate surface area is 119 Å². The first-order valence-corrected chi connectivity index (χ1v) is 6.80. The zero-order chi connectivity index (χ0) is 14.4. The lowest BCUT2D eigenvalue weighted by atomic mass is 10.3. The number of urea groups is 1. The van der Waals surface area contributed by atoms with Gasteiger partial charge in [-0.15, -0.1) is 11.3 Å². The normalized spacial score (nSPS) is 10.0. The molecule has 0 spiro atoms. The van der Waals surface area contributed by atoms with Crippen molar-refractivity contribution in [1.29, 1.82) is 0 Å². The predicted octanol–water partition coefficient (Wildman–Crippen LogP) is 1.94. The molecule has 0 fully saturated rings. The van der Waals surface area contributed by atoms with Crippen LogP contribution in [0.5, 0.6) is 0 Å². The highest BCUT2D eigenvalue weighted by Gasteiger charge is 2.18. The number of nitrogens with zero attached hydrogens (tertiary/aromatic N) is 2. The van der Waals surface area contributed by atoms with Gasteiger partial charge in [-0.1, -0.05) is 18.2 Å². The molecule has 7 heteroatoms. The van der Waals surface area contributed by atoms with E-state index in [1.807, 2.05) is 5.38 Å². The van der Waals surface area contributed by atoms with E-state index in [0.29, 0.717) is 5.69 Å². The topological polar surface area (TPSA) is 82.5 Å².